The first-order valence-corrected chi connectivity index (χ1v) is 6.93. The lowest BCUT2D eigenvalue weighted by molar-refractivity contribution is 0.0343. The molecule has 106 valence electrons. The maximum atomic E-state index is 13.4. The van der Waals surface area contributed by atoms with Crippen molar-refractivity contribution in [1.29, 1.82) is 0 Å². The van der Waals surface area contributed by atoms with Crippen LogP contribution < -0.4 is 5.32 Å². The van der Waals surface area contributed by atoms with Crippen molar-refractivity contribution in [2.75, 3.05) is 32.8 Å². The molecular weight excluding hydrogens is 243 g/mol. The van der Waals surface area contributed by atoms with Crippen LogP contribution in [0.4, 0.5) is 4.39 Å². The summed E-state index contributed by atoms with van der Waals surface area (Å²) in [6.45, 7) is 9.34. The molecule has 19 heavy (non-hydrogen) atoms. The first-order chi connectivity index (χ1) is 9.15. The van der Waals surface area contributed by atoms with Crippen LogP contribution in [0.3, 0.4) is 0 Å². The molecule has 0 aliphatic carbocycles. The Bertz CT molecular complexity index is 405. The zero-order valence-corrected chi connectivity index (χ0v) is 11.8. The predicted molar refractivity (Wildman–Crippen MR) is 74.7 cm³/mol. The Balaban J connectivity index is 1.75. The number of nitrogens with one attached hydrogen (secondary N) is 1. The number of morpholine rings is 1. The van der Waals surface area contributed by atoms with Crippen LogP contribution in [0.2, 0.25) is 0 Å². The zero-order chi connectivity index (χ0) is 13.7. The van der Waals surface area contributed by atoms with E-state index in [-0.39, 0.29) is 5.82 Å². The van der Waals surface area contributed by atoms with Crippen molar-refractivity contribution in [3.63, 3.8) is 0 Å². The number of hydrogen-bond acceptors (Lipinski definition) is 3. The standard InChI is InChI=1S/C15H23FN2O/c1-12-3-4-14(9-15(12)16)10-17-13(2)11-18-5-7-19-8-6-18/h3-4,9,13,17H,5-8,10-11H2,1-2H3. The van der Waals surface area contributed by atoms with E-state index in [1.165, 1.54) is 0 Å². The van der Waals surface area contributed by atoms with Gasteiger partial charge in [0, 0.05) is 32.2 Å². The largest absolute Gasteiger partial charge is 0.379 e. The van der Waals surface area contributed by atoms with E-state index in [0.29, 0.717) is 18.2 Å². The van der Waals surface area contributed by atoms with Crippen LogP contribution in [0.1, 0.15) is 18.1 Å². The van der Waals surface area contributed by atoms with Gasteiger partial charge in [-0.2, -0.15) is 0 Å². The van der Waals surface area contributed by atoms with Gasteiger partial charge in [0.2, 0.25) is 0 Å². The summed E-state index contributed by atoms with van der Waals surface area (Å²) in [5, 5.41) is 3.44. The van der Waals surface area contributed by atoms with Gasteiger partial charge in [-0.1, -0.05) is 12.1 Å². The van der Waals surface area contributed by atoms with Crippen LogP contribution in [0.5, 0.6) is 0 Å². The molecule has 0 saturated carbocycles. The van der Waals surface area contributed by atoms with E-state index >= 15 is 0 Å². The number of aryl methyl sites for hydroxylation is 1. The Morgan fingerprint density at radius 1 is 1.37 bits per heavy atom. The summed E-state index contributed by atoms with van der Waals surface area (Å²) in [5.41, 5.74) is 1.70. The van der Waals surface area contributed by atoms with Gasteiger partial charge in [0.1, 0.15) is 5.82 Å². The molecule has 1 atom stereocenters. The topological polar surface area (TPSA) is 24.5 Å². The minimum atomic E-state index is -0.125. The third kappa shape index (κ3) is 4.56. The van der Waals surface area contributed by atoms with Crippen molar-refractivity contribution in [2.45, 2.75) is 26.4 Å². The van der Waals surface area contributed by atoms with Gasteiger partial charge in [-0.25, -0.2) is 4.39 Å². The molecule has 1 N–H and O–H groups in total. The second-order valence-corrected chi connectivity index (χ2v) is 5.28. The lowest BCUT2D eigenvalue weighted by atomic mass is 10.1. The van der Waals surface area contributed by atoms with Crippen LogP contribution >= 0.6 is 0 Å². The number of hydrogen-bond donors (Lipinski definition) is 1. The first-order valence-electron chi connectivity index (χ1n) is 6.93. The SMILES string of the molecule is Cc1ccc(CNC(C)CN2CCOCC2)cc1F. The minimum absolute atomic E-state index is 0.125. The predicted octanol–water partition coefficient (Wildman–Crippen LogP) is 1.94. The molecule has 4 heteroatoms. The molecule has 1 aliphatic heterocycles. The monoisotopic (exact) mass is 266 g/mol. The third-order valence-electron chi connectivity index (χ3n) is 3.53. The van der Waals surface area contributed by atoms with Gasteiger partial charge in [-0.15, -0.1) is 0 Å². The zero-order valence-electron chi connectivity index (χ0n) is 11.8. The van der Waals surface area contributed by atoms with Crippen LogP contribution in [0, 0.1) is 12.7 Å². The summed E-state index contributed by atoms with van der Waals surface area (Å²) in [6.07, 6.45) is 0. The lowest BCUT2D eigenvalue weighted by Gasteiger charge is -2.29. The van der Waals surface area contributed by atoms with E-state index in [1.54, 1.807) is 13.0 Å². The second-order valence-electron chi connectivity index (χ2n) is 5.28. The van der Waals surface area contributed by atoms with Crippen molar-refractivity contribution in [3.05, 3.63) is 35.1 Å². The second kappa shape index (κ2) is 6.98. The molecule has 0 aromatic heterocycles. The number of rotatable bonds is 5. The van der Waals surface area contributed by atoms with Gasteiger partial charge in [0.25, 0.3) is 0 Å². The van der Waals surface area contributed by atoms with Gasteiger partial charge >= 0.3 is 0 Å². The molecule has 1 heterocycles. The summed E-state index contributed by atoms with van der Waals surface area (Å²) in [6, 6.07) is 5.82. The Labute approximate surface area is 114 Å². The summed E-state index contributed by atoms with van der Waals surface area (Å²) in [7, 11) is 0. The van der Waals surface area contributed by atoms with Crippen LogP contribution in [0.15, 0.2) is 18.2 Å². The average Bonchev–Trinajstić information content (AvgIpc) is 2.41. The fraction of sp³-hybridized carbons (Fsp3) is 0.600. The summed E-state index contributed by atoms with van der Waals surface area (Å²) < 4.78 is 18.8. The molecule has 1 fully saturated rings. The lowest BCUT2D eigenvalue weighted by Crippen LogP contribution is -2.44. The van der Waals surface area contributed by atoms with E-state index in [1.807, 2.05) is 12.1 Å². The molecule has 0 amide bonds. The third-order valence-corrected chi connectivity index (χ3v) is 3.53. The molecule has 0 bridgehead atoms. The summed E-state index contributed by atoms with van der Waals surface area (Å²) in [5.74, 6) is -0.125. The quantitative estimate of drug-likeness (QED) is 0.881. The fourth-order valence-electron chi connectivity index (χ4n) is 2.27. The molecule has 1 unspecified atom stereocenters. The highest BCUT2D eigenvalue weighted by Gasteiger charge is 2.13. The van der Waals surface area contributed by atoms with Crippen LogP contribution in [0.25, 0.3) is 0 Å². The first kappa shape index (κ1) is 14.4. The van der Waals surface area contributed by atoms with Crippen molar-refractivity contribution in [2.24, 2.45) is 0 Å². The van der Waals surface area contributed by atoms with Gasteiger partial charge in [0.05, 0.1) is 13.2 Å². The molecule has 1 saturated heterocycles. The summed E-state index contributed by atoms with van der Waals surface area (Å²) >= 11 is 0. The Morgan fingerprint density at radius 2 is 2.11 bits per heavy atom. The van der Waals surface area contributed by atoms with Gasteiger partial charge in [0.15, 0.2) is 0 Å². The van der Waals surface area contributed by atoms with Crippen LogP contribution in [-0.4, -0.2) is 43.8 Å². The highest BCUT2D eigenvalue weighted by Crippen LogP contribution is 2.09. The van der Waals surface area contributed by atoms with Crippen LogP contribution in [-0.2, 0) is 11.3 Å². The number of halogens is 1. The Hall–Kier alpha value is -0.970. The van der Waals surface area contributed by atoms with Gasteiger partial charge in [-0.3, -0.25) is 4.90 Å². The Morgan fingerprint density at radius 3 is 2.79 bits per heavy atom. The van der Waals surface area contributed by atoms with E-state index in [2.05, 4.69) is 17.1 Å². The molecule has 0 spiro atoms. The average molecular weight is 266 g/mol. The molecule has 0 radical (unpaired) electrons. The Kier molecular flexibility index (Phi) is 5.31. The van der Waals surface area contributed by atoms with Gasteiger partial charge in [-0.05, 0) is 31.0 Å². The maximum absolute atomic E-state index is 13.4. The van der Waals surface area contributed by atoms with E-state index < -0.39 is 0 Å². The van der Waals surface area contributed by atoms with E-state index in [9.17, 15) is 4.39 Å². The molecule has 2 rings (SSSR count). The normalized spacial score (nSPS) is 18.5. The highest BCUT2D eigenvalue weighted by atomic mass is 19.1. The maximum Gasteiger partial charge on any atom is 0.126 e. The van der Waals surface area contributed by atoms with E-state index in [0.717, 1.165) is 38.4 Å². The van der Waals surface area contributed by atoms with Crippen molar-refractivity contribution >= 4 is 0 Å². The van der Waals surface area contributed by atoms with Crippen molar-refractivity contribution < 1.29 is 9.13 Å². The minimum Gasteiger partial charge on any atom is -0.379 e. The molecule has 1 aromatic carbocycles. The molecule has 1 aromatic rings. The molecule has 3 nitrogen and oxygen atoms in total. The molecule has 1 aliphatic rings. The smallest absolute Gasteiger partial charge is 0.126 e. The summed E-state index contributed by atoms with van der Waals surface area (Å²) in [4.78, 5) is 2.40. The number of nitrogens with zero attached hydrogens (tertiary/aromatic N) is 1. The van der Waals surface area contributed by atoms with Gasteiger partial charge < -0.3 is 10.1 Å². The highest BCUT2D eigenvalue weighted by molar-refractivity contribution is 5.23. The van der Waals surface area contributed by atoms with E-state index in [4.69, 9.17) is 4.74 Å². The number of benzene rings is 1. The fourth-order valence-corrected chi connectivity index (χ4v) is 2.27. The van der Waals surface area contributed by atoms with Crippen molar-refractivity contribution in [3.8, 4) is 0 Å². The van der Waals surface area contributed by atoms with Crippen molar-refractivity contribution in [1.82, 2.24) is 10.2 Å². The molecular formula is C15H23FN2O. The number of ether oxygens (including phenoxy) is 1.